The van der Waals surface area contributed by atoms with Crippen LogP contribution < -0.4 is 14.8 Å². The highest BCUT2D eigenvalue weighted by Gasteiger charge is 2.27. The van der Waals surface area contributed by atoms with Crippen LogP contribution in [0, 0.1) is 10.1 Å². The second-order valence-corrected chi connectivity index (χ2v) is 6.56. The predicted octanol–water partition coefficient (Wildman–Crippen LogP) is 2.26. The van der Waals surface area contributed by atoms with Crippen molar-refractivity contribution in [2.45, 2.75) is 6.54 Å². The molecule has 0 spiro atoms. The number of carbonyl (C=O) groups excluding carboxylic acids is 2. The number of hydrogen-bond acceptors (Lipinski definition) is 7. The first kappa shape index (κ1) is 23.6. The highest BCUT2D eigenvalue weighted by molar-refractivity contribution is 5.99. The van der Waals surface area contributed by atoms with Crippen LogP contribution in [-0.2, 0) is 11.3 Å². The molecule has 1 N–H and O–H groups in total. The highest BCUT2D eigenvalue weighted by Crippen LogP contribution is 2.35. The van der Waals surface area contributed by atoms with Crippen molar-refractivity contribution in [3.05, 3.63) is 63.2 Å². The lowest BCUT2D eigenvalue weighted by Crippen LogP contribution is -2.27. The number of nitrogens with one attached hydrogen (secondary N) is 1. The van der Waals surface area contributed by atoms with Crippen LogP contribution in [0.1, 0.15) is 26.3 Å². The first-order valence-corrected chi connectivity index (χ1v) is 9.37. The number of nitrogens with zero attached hydrogens (tertiary/aromatic N) is 2. The van der Waals surface area contributed by atoms with Gasteiger partial charge in [-0.25, -0.2) is 0 Å². The van der Waals surface area contributed by atoms with Gasteiger partial charge in [-0.05, 0) is 17.7 Å². The molecule has 0 bridgehead atoms. The molecule has 2 rings (SSSR count). The van der Waals surface area contributed by atoms with Crippen LogP contribution in [0.4, 0.5) is 5.69 Å². The van der Waals surface area contributed by atoms with Gasteiger partial charge in [0.05, 0.1) is 24.7 Å². The number of rotatable bonds is 10. The fraction of sp³-hybridized carbons (Fsp3) is 0.333. The molecule has 0 aliphatic heterocycles. The standard InChI is InChI=1S/C21H25N3O7/c1-22-20(25)15-7-5-14(6-8-15)13-23(2)21(26)16-11-18(30-4)19(31-10-9-29-3)12-17(16)24(27)28/h5-8,11-12H,9-10,13H2,1-4H3,(H,22,25). The van der Waals surface area contributed by atoms with Crippen LogP contribution in [0.5, 0.6) is 11.5 Å². The van der Waals surface area contributed by atoms with Crippen molar-refractivity contribution in [3.8, 4) is 11.5 Å². The van der Waals surface area contributed by atoms with E-state index in [1.165, 1.54) is 45.3 Å². The van der Waals surface area contributed by atoms with Gasteiger partial charge >= 0.3 is 0 Å². The van der Waals surface area contributed by atoms with Gasteiger partial charge in [0.25, 0.3) is 17.5 Å². The number of carbonyl (C=O) groups is 2. The van der Waals surface area contributed by atoms with E-state index in [1.807, 2.05) is 0 Å². The second-order valence-electron chi connectivity index (χ2n) is 6.56. The van der Waals surface area contributed by atoms with E-state index in [4.69, 9.17) is 14.2 Å². The number of amides is 2. The first-order chi connectivity index (χ1) is 14.8. The van der Waals surface area contributed by atoms with Crippen molar-refractivity contribution in [2.24, 2.45) is 0 Å². The van der Waals surface area contributed by atoms with E-state index in [1.54, 1.807) is 24.3 Å². The van der Waals surface area contributed by atoms with E-state index >= 15 is 0 Å². The quantitative estimate of drug-likeness (QED) is 0.348. The summed E-state index contributed by atoms with van der Waals surface area (Å²) >= 11 is 0. The van der Waals surface area contributed by atoms with E-state index < -0.39 is 10.8 Å². The van der Waals surface area contributed by atoms with Crippen molar-refractivity contribution < 1.29 is 28.7 Å². The summed E-state index contributed by atoms with van der Waals surface area (Å²) < 4.78 is 15.6. The van der Waals surface area contributed by atoms with Gasteiger partial charge in [0.1, 0.15) is 12.2 Å². The molecule has 2 aromatic carbocycles. The van der Waals surface area contributed by atoms with Crippen LogP contribution in [0.2, 0.25) is 0 Å². The molecule has 0 saturated heterocycles. The molecule has 0 heterocycles. The Balaban J connectivity index is 2.27. The summed E-state index contributed by atoms with van der Waals surface area (Å²) in [5, 5.41) is 14.1. The number of ether oxygens (including phenoxy) is 3. The van der Waals surface area contributed by atoms with Gasteiger partial charge in [0, 0.05) is 39.4 Å². The van der Waals surface area contributed by atoms with Gasteiger partial charge in [-0.2, -0.15) is 0 Å². The second kappa shape index (κ2) is 10.9. The number of benzene rings is 2. The third kappa shape index (κ3) is 5.92. The number of methoxy groups -OCH3 is 2. The predicted molar refractivity (Wildman–Crippen MR) is 113 cm³/mol. The van der Waals surface area contributed by atoms with Gasteiger partial charge < -0.3 is 24.4 Å². The molecule has 0 aliphatic rings. The normalized spacial score (nSPS) is 10.3. The summed E-state index contributed by atoms with van der Waals surface area (Å²) in [5.74, 6) is -0.418. The molecule has 0 aliphatic carbocycles. The van der Waals surface area contributed by atoms with Crippen LogP contribution in [0.3, 0.4) is 0 Å². The Bertz CT molecular complexity index is 945. The van der Waals surface area contributed by atoms with Crippen molar-refractivity contribution in [1.82, 2.24) is 10.2 Å². The molecule has 2 aromatic rings. The SMILES string of the molecule is CNC(=O)c1ccc(CN(C)C(=O)c2cc(OC)c(OCCOC)cc2[N+](=O)[O-])cc1. The monoisotopic (exact) mass is 431 g/mol. The highest BCUT2D eigenvalue weighted by atomic mass is 16.6. The average Bonchev–Trinajstić information content (AvgIpc) is 2.78. The molecular formula is C21H25N3O7. The molecule has 0 radical (unpaired) electrons. The molecule has 166 valence electrons. The third-order valence-corrected chi connectivity index (χ3v) is 4.46. The number of nitro groups is 1. The zero-order chi connectivity index (χ0) is 23.0. The Morgan fingerprint density at radius 2 is 1.77 bits per heavy atom. The van der Waals surface area contributed by atoms with Gasteiger partial charge in [0.15, 0.2) is 11.5 Å². The van der Waals surface area contributed by atoms with Crippen LogP contribution in [-0.4, -0.2) is 63.2 Å². The minimum Gasteiger partial charge on any atom is -0.493 e. The topological polar surface area (TPSA) is 120 Å². The molecular weight excluding hydrogens is 406 g/mol. The van der Waals surface area contributed by atoms with Gasteiger partial charge in [-0.3, -0.25) is 19.7 Å². The van der Waals surface area contributed by atoms with Crippen molar-refractivity contribution in [1.29, 1.82) is 0 Å². The Hall–Kier alpha value is -3.66. The minimum atomic E-state index is -0.637. The summed E-state index contributed by atoms with van der Waals surface area (Å²) in [5.41, 5.74) is 0.743. The van der Waals surface area contributed by atoms with E-state index in [0.29, 0.717) is 12.2 Å². The molecule has 2 amide bonds. The molecule has 0 atom stereocenters. The molecule has 0 unspecified atom stereocenters. The molecule has 31 heavy (non-hydrogen) atoms. The van der Waals surface area contributed by atoms with Gasteiger partial charge in [-0.15, -0.1) is 0 Å². The summed E-state index contributed by atoms with van der Waals surface area (Å²) in [7, 11) is 5.97. The van der Waals surface area contributed by atoms with E-state index in [2.05, 4.69) is 5.32 Å². The number of nitro benzene ring substituents is 1. The maximum absolute atomic E-state index is 13.0. The zero-order valence-electron chi connectivity index (χ0n) is 17.8. The van der Waals surface area contributed by atoms with Crippen molar-refractivity contribution in [2.75, 3.05) is 41.5 Å². The lowest BCUT2D eigenvalue weighted by Gasteiger charge is -2.19. The Labute approximate surface area is 179 Å². The summed E-state index contributed by atoms with van der Waals surface area (Å²) in [4.78, 5) is 36.9. The summed E-state index contributed by atoms with van der Waals surface area (Å²) in [6, 6.07) is 9.20. The Kier molecular flexibility index (Phi) is 8.33. The largest absolute Gasteiger partial charge is 0.493 e. The third-order valence-electron chi connectivity index (χ3n) is 4.46. The van der Waals surface area contributed by atoms with Crippen LogP contribution >= 0.6 is 0 Å². The van der Waals surface area contributed by atoms with Gasteiger partial charge in [0.2, 0.25) is 0 Å². The van der Waals surface area contributed by atoms with Gasteiger partial charge in [-0.1, -0.05) is 12.1 Å². The molecule has 0 aromatic heterocycles. The lowest BCUT2D eigenvalue weighted by atomic mass is 10.1. The minimum absolute atomic E-state index is 0.120. The van der Waals surface area contributed by atoms with Crippen molar-refractivity contribution >= 4 is 17.5 Å². The number of hydrogen-bond donors (Lipinski definition) is 1. The zero-order valence-corrected chi connectivity index (χ0v) is 17.8. The van der Waals surface area contributed by atoms with E-state index in [0.717, 1.165) is 5.56 Å². The van der Waals surface area contributed by atoms with Crippen LogP contribution in [0.15, 0.2) is 36.4 Å². The molecule has 0 fully saturated rings. The van der Waals surface area contributed by atoms with Crippen molar-refractivity contribution in [3.63, 3.8) is 0 Å². The fourth-order valence-corrected chi connectivity index (χ4v) is 2.84. The molecule has 10 nitrogen and oxygen atoms in total. The first-order valence-electron chi connectivity index (χ1n) is 9.37. The smallest absolute Gasteiger partial charge is 0.286 e. The molecule has 10 heteroatoms. The maximum atomic E-state index is 13.0. The fourth-order valence-electron chi connectivity index (χ4n) is 2.84. The van der Waals surface area contributed by atoms with E-state index in [-0.39, 0.29) is 41.8 Å². The summed E-state index contributed by atoms with van der Waals surface area (Å²) in [6.07, 6.45) is 0. The Morgan fingerprint density at radius 1 is 1.10 bits per heavy atom. The lowest BCUT2D eigenvalue weighted by molar-refractivity contribution is -0.385. The van der Waals surface area contributed by atoms with E-state index in [9.17, 15) is 19.7 Å². The average molecular weight is 431 g/mol. The summed E-state index contributed by atoms with van der Waals surface area (Å²) in [6.45, 7) is 0.654. The Morgan fingerprint density at radius 3 is 2.32 bits per heavy atom. The molecule has 0 saturated carbocycles. The van der Waals surface area contributed by atoms with Crippen LogP contribution in [0.25, 0.3) is 0 Å². The maximum Gasteiger partial charge on any atom is 0.286 e.